The first-order valence-electron chi connectivity index (χ1n) is 8.49. The van der Waals surface area contributed by atoms with E-state index >= 15 is 0 Å². The molecule has 136 valence electrons. The van der Waals surface area contributed by atoms with Crippen LogP contribution in [-0.2, 0) is 6.42 Å². The number of thiocarbonyl (C=S) groups is 1. The molecule has 0 unspecified atom stereocenters. The molecule has 0 atom stereocenters. The number of halogens is 3. The fourth-order valence-electron chi connectivity index (χ4n) is 2.95. The van der Waals surface area contributed by atoms with Gasteiger partial charge >= 0.3 is 0 Å². The van der Waals surface area contributed by atoms with Gasteiger partial charge in [-0.3, -0.25) is 0 Å². The molecule has 0 N–H and O–H groups in total. The van der Waals surface area contributed by atoms with Gasteiger partial charge in [0.05, 0.1) is 5.16 Å². The van der Waals surface area contributed by atoms with Crippen molar-refractivity contribution in [1.29, 1.82) is 0 Å². The van der Waals surface area contributed by atoms with Gasteiger partial charge < -0.3 is 0 Å². The lowest BCUT2D eigenvalue weighted by molar-refractivity contribution is 0.588. The van der Waals surface area contributed by atoms with Gasteiger partial charge in [0.2, 0.25) is 0 Å². The summed E-state index contributed by atoms with van der Waals surface area (Å²) in [6.07, 6.45) is 2.05. The quantitative estimate of drug-likeness (QED) is 0.337. The molecule has 0 aliphatic carbocycles. The Bertz CT molecular complexity index is 999. The molecule has 0 bridgehead atoms. The Hall–Kier alpha value is -2.75. The fourth-order valence-corrected chi connectivity index (χ4v) is 3.05. The monoisotopic (exact) mass is 383 g/mol. The zero-order valence-corrected chi connectivity index (χ0v) is 15.4. The van der Waals surface area contributed by atoms with Crippen LogP contribution in [0.5, 0.6) is 0 Å². The first-order valence-corrected chi connectivity index (χ1v) is 8.90. The molecular weight excluding hydrogens is 367 g/mol. The number of rotatable bonds is 5. The maximum absolute atomic E-state index is 14.6. The van der Waals surface area contributed by atoms with E-state index in [1.807, 2.05) is 29.4 Å². The van der Waals surface area contributed by atoms with E-state index in [1.165, 1.54) is 17.7 Å². The molecule has 3 aromatic carbocycles. The Morgan fingerprint density at radius 2 is 1.41 bits per heavy atom. The first kappa shape index (κ1) is 19.0. The van der Waals surface area contributed by atoms with Crippen LogP contribution in [0.3, 0.4) is 0 Å². The second-order valence-corrected chi connectivity index (χ2v) is 6.32. The average molecular weight is 383 g/mol. The minimum atomic E-state index is -0.919. The van der Waals surface area contributed by atoms with E-state index in [2.05, 4.69) is 24.1 Å². The number of hydrogen-bond donors (Lipinski definition) is 0. The molecule has 27 heavy (non-hydrogen) atoms. The lowest BCUT2D eigenvalue weighted by atomic mass is 9.98. The summed E-state index contributed by atoms with van der Waals surface area (Å²) < 4.78 is 42.7. The zero-order chi connectivity index (χ0) is 19.4. The molecule has 0 saturated carbocycles. The molecule has 3 rings (SSSR count). The van der Waals surface area contributed by atoms with Crippen molar-refractivity contribution in [2.45, 2.75) is 19.8 Å². The van der Waals surface area contributed by atoms with Crippen molar-refractivity contribution in [2.24, 2.45) is 4.99 Å². The number of aryl methyl sites for hydroxylation is 1. The highest BCUT2D eigenvalue weighted by Gasteiger charge is 2.14. The molecule has 1 nitrogen and oxygen atoms in total. The predicted octanol–water partition coefficient (Wildman–Crippen LogP) is 7.12. The molecule has 0 aliphatic rings. The zero-order valence-electron chi connectivity index (χ0n) is 14.6. The van der Waals surface area contributed by atoms with Crippen LogP contribution in [0.25, 0.3) is 22.3 Å². The van der Waals surface area contributed by atoms with Gasteiger partial charge in [-0.15, -0.1) is 0 Å². The summed E-state index contributed by atoms with van der Waals surface area (Å²) >= 11 is 4.37. The lowest BCUT2D eigenvalue weighted by Gasteiger charge is -2.09. The molecule has 0 radical (unpaired) electrons. The van der Waals surface area contributed by atoms with E-state index in [0.717, 1.165) is 30.5 Å². The summed E-state index contributed by atoms with van der Waals surface area (Å²) in [4.78, 5) is 3.36. The van der Waals surface area contributed by atoms with E-state index in [9.17, 15) is 13.2 Å². The van der Waals surface area contributed by atoms with Crippen LogP contribution < -0.4 is 0 Å². The maximum Gasteiger partial charge on any atom is 0.153 e. The maximum atomic E-state index is 14.6. The number of hydrogen-bond acceptors (Lipinski definition) is 2. The number of aliphatic imine (C=N–C) groups is 1. The molecule has 0 aromatic heterocycles. The van der Waals surface area contributed by atoms with Crippen molar-refractivity contribution < 1.29 is 13.2 Å². The Balaban J connectivity index is 1.96. The molecule has 0 spiro atoms. The van der Waals surface area contributed by atoms with Gasteiger partial charge in [0.15, 0.2) is 11.6 Å². The van der Waals surface area contributed by atoms with Crippen LogP contribution in [0.2, 0.25) is 0 Å². The third kappa shape index (κ3) is 4.16. The second-order valence-electron chi connectivity index (χ2n) is 6.13. The normalized spacial score (nSPS) is 10.5. The van der Waals surface area contributed by atoms with Crippen molar-refractivity contribution in [1.82, 2.24) is 0 Å². The highest BCUT2D eigenvalue weighted by molar-refractivity contribution is 7.78. The van der Waals surface area contributed by atoms with Gasteiger partial charge in [-0.05, 0) is 59.1 Å². The van der Waals surface area contributed by atoms with Gasteiger partial charge in [0.25, 0.3) is 0 Å². The van der Waals surface area contributed by atoms with Crippen molar-refractivity contribution in [3.63, 3.8) is 0 Å². The van der Waals surface area contributed by atoms with Crippen molar-refractivity contribution in [2.75, 3.05) is 0 Å². The number of isothiocyanates is 1. The summed E-state index contributed by atoms with van der Waals surface area (Å²) in [7, 11) is 0. The summed E-state index contributed by atoms with van der Waals surface area (Å²) in [6, 6.07) is 14.6. The molecular formula is C22H16F3NS. The van der Waals surface area contributed by atoms with Gasteiger partial charge in [0.1, 0.15) is 11.5 Å². The number of benzene rings is 3. The Labute approximate surface area is 161 Å². The molecule has 0 saturated heterocycles. The van der Waals surface area contributed by atoms with E-state index in [1.54, 1.807) is 6.07 Å². The van der Waals surface area contributed by atoms with Crippen LogP contribution in [0.15, 0.2) is 59.6 Å². The smallest absolute Gasteiger partial charge is 0.153 e. The van der Waals surface area contributed by atoms with Crippen LogP contribution in [0, 0.1) is 17.5 Å². The third-order valence-corrected chi connectivity index (χ3v) is 4.37. The van der Waals surface area contributed by atoms with Crippen molar-refractivity contribution >= 4 is 23.1 Å². The third-order valence-electron chi connectivity index (χ3n) is 4.28. The van der Waals surface area contributed by atoms with Gasteiger partial charge in [-0.2, -0.15) is 4.99 Å². The largest absolute Gasteiger partial charge is 0.206 e. The second kappa shape index (κ2) is 8.30. The molecule has 0 amide bonds. The lowest BCUT2D eigenvalue weighted by Crippen LogP contribution is -1.91. The summed E-state index contributed by atoms with van der Waals surface area (Å²) in [5.41, 5.74) is 2.47. The van der Waals surface area contributed by atoms with Crippen LogP contribution >= 0.6 is 12.2 Å². The standard InChI is InChI=1S/C22H16F3NS/c1-2-3-14-4-6-15(7-5-14)16-8-9-18(19(23)10-16)17-11-20(24)22(26-13-27)21(25)12-17/h4-12H,2-3H2,1H3. The molecule has 0 aliphatic heterocycles. The van der Waals surface area contributed by atoms with Crippen LogP contribution in [-0.4, -0.2) is 5.16 Å². The van der Waals surface area contributed by atoms with E-state index in [4.69, 9.17) is 0 Å². The minimum Gasteiger partial charge on any atom is -0.206 e. The number of nitrogens with zero attached hydrogens (tertiary/aromatic N) is 1. The van der Waals surface area contributed by atoms with E-state index in [-0.39, 0.29) is 11.1 Å². The Morgan fingerprint density at radius 1 is 0.815 bits per heavy atom. The minimum absolute atomic E-state index is 0.0932. The summed E-state index contributed by atoms with van der Waals surface area (Å²) in [6.45, 7) is 2.11. The highest BCUT2D eigenvalue weighted by atomic mass is 32.1. The van der Waals surface area contributed by atoms with Crippen molar-refractivity contribution in [3.05, 3.63) is 77.6 Å². The summed E-state index contributed by atoms with van der Waals surface area (Å²) in [5.74, 6) is -2.40. The molecule has 3 aromatic rings. The fraction of sp³-hybridized carbons (Fsp3) is 0.136. The first-order chi connectivity index (χ1) is 13.0. The Kier molecular flexibility index (Phi) is 5.84. The van der Waals surface area contributed by atoms with E-state index in [0.29, 0.717) is 5.56 Å². The summed E-state index contributed by atoms with van der Waals surface area (Å²) in [5, 5.41) is 1.93. The van der Waals surface area contributed by atoms with E-state index < -0.39 is 23.1 Å². The molecule has 0 fully saturated rings. The topological polar surface area (TPSA) is 12.4 Å². The van der Waals surface area contributed by atoms with Crippen LogP contribution in [0.4, 0.5) is 18.9 Å². The highest BCUT2D eigenvalue weighted by Crippen LogP contribution is 2.32. The van der Waals surface area contributed by atoms with Gasteiger partial charge in [0, 0.05) is 5.56 Å². The molecule has 5 heteroatoms. The predicted molar refractivity (Wildman–Crippen MR) is 106 cm³/mol. The average Bonchev–Trinajstić information content (AvgIpc) is 2.65. The van der Waals surface area contributed by atoms with Gasteiger partial charge in [-0.25, -0.2) is 13.2 Å². The van der Waals surface area contributed by atoms with Gasteiger partial charge in [-0.1, -0.05) is 49.7 Å². The SMILES string of the molecule is CCCc1ccc(-c2ccc(-c3cc(F)c(N=C=S)c(F)c3)c(F)c2)cc1. The molecule has 0 heterocycles. The van der Waals surface area contributed by atoms with Crippen molar-refractivity contribution in [3.8, 4) is 22.3 Å². The van der Waals surface area contributed by atoms with Crippen LogP contribution in [0.1, 0.15) is 18.9 Å². The Morgan fingerprint density at radius 3 is 1.96 bits per heavy atom.